The standard InChI is InChI=1S/C62H120O6/c1-7-57(5)49-43-37-31-25-21-17-13-11-9-10-12-14-19-23-27-33-39-45-51-60(63)66-54-59(68-62(65)53-47-41-35-29-30-36-42-48-56(3)4)55-67-61(64)52-46-40-34-28-24-20-16-15-18-22-26-32-38-44-50-58(6)8-2/h56-59H,7-55H2,1-6H3/t57?,58?,59-/m1/s1. The van der Waals surface area contributed by atoms with E-state index in [2.05, 4.69) is 41.5 Å². The number of carbonyl (C=O) groups is 3. The molecule has 0 rings (SSSR count). The van der Waals surface area contributed by atoms with Crippen LogP contribution >= 0.6 is 0 Å². The SMILES string of the molecule is CCC(C)CCCCCCCCCCCCCCCCCCCCC(=O)OC[C@H](COC(=O)CCCCCCCCCCCCCCCCC(C)CC)OC(=O)CCCCCCCCCC(C)C. The molecule has 0 radical (unpaired) electrons. The van der Waals surface area contributed by atoms with Crippen LogP contribution in [0.4, 0.5) is 0 Å². The van der Waals surface area contributed by atoms with Crippen molar-refractivity contribution in [3.05, 3.63) is 0 Å². The van der Waals surface area contributed by atoms with Gasteiger partial charge in [-0.1, -0.05) is 305 Å². The first-order valence-corrected chi connectivity index (χ1v) is 30.7. The molecule has 0 aliphatic rings. The van der Waals surface area contributed by atoms with Crippen LogP contribution in [0.3, 0.4) is 0 Å². The summed E-state index contributed by atoms with van der Waals surface area (Å²) in [6.45, 7) is 13.8. The minimum atomic E-state index is -0.764. The summed E-state index contributed by atoms with van der Waals surface area (Å²) in [5, 5.41) is 0. The average molecular weight is 962 g/mol. The molecule has 6 heteroatoms. The van der Waals surface area contributed by atoms with Gasteiger partial charge in [-0.25, -0.2) is 0 Å². The Morgan fingerprint density at radius 1 is 0.294 bits per heavy atom. The van der Waals surface area contributed by atoms with Crippen LogP contribution in [-0.2, 0) is 28.6 Å². The summed E-state index contributed by atoms with van der Waals surface area (Å²) in [7, 11) is 0. The maximum atomic E-state index is 12.8. The summed E-state index contributed by atoms with van der Waals surface area (Å²) in [4.78, 5) is 38.1. The van der Waals surface area contributed by atoms with E-state index in [1.807, 2.05) is 0 Å². The van der Waals surface area contributed by atoms with Gasteiger partial charge in [0.25, 0.3) is 0 Å². The van der Waals surface area contributed by atoms with Crippen molar-refractivity contribution >= 4 is 17.9 Å². The first-order chi connectivity index (χ1) is 33.2. The van der Waals surface area contributed by atoms with E-state index in [0.717, 1.165) is 75.5 Å². The lowest BCUT2D eigenvalue weighted by Gasteiger charge is -2.18. The molecule has 0 saturated heterocycles. The summed E-state index contributed by atoms with van der Waals surface area (Å²) in [6.07, 6.45) is 56.7. The predicted molar refractivity (Wildman–Crippen MR) is 293 cm³/mol. The summed E-state index contributed by atoms with van der Waals surface area (Å²) >= 11 is 0. The molecule has 0 heterocycles. The van der Waals surface area contributed by atoms with Gasteiger partial charge in [0.05, 0.1) is 0 Å². The molecule has 68 heavy (non-hydrogen) atoms. The first-order valence-electron chi connectivity index (χ1n) is 30.7. The van der Waals surface area contributed by atoms with Crippen molar-refractivity contribution in [2.45, 2.75) is 349 Å². The highest BCUT2D eigenvalue weighted by atomic mass is 16.6. The fourth-order valence-electron chi connectivity index (χ4n) is 9.47. The van der Waals surface area contributed by atoms with Gasteiger partial charge in [0, 0.05) is 19.3 Å². The molecule has 0 aliphatic heterocycles. The third kappa shape index (κ3) is 52.2. The van der Waals surface area contributed by atoms with Crippen molar-refractivity contribution in [3.8, 4) is 0 Å². The summed E-state index contributed by atoms with van der Waals surface area (Å²) in [5.41, 5.74) is 0. The van der Waals surface area contributed by atoms with Crippen molar-refractivity contribution in [1.82, 2.24) is 0 Å². The molecule has 404 valence electrons. The van der Waals surface area contributed by atoms with Crippen molar-refractivity contribution in [2.24, 2.45) is 17.8 Å². The summed E-state index contributed by atoms with van der Waals surface area (Å²) in [5.74, 6) is 1.74. The van der Waals surface area contributed by atoms with Crippen LogP contribution in [0.1, 0.15) is 343 Å². The van der Waals surface area contributed by atoms with Gasteiger partial charge in [-0.2, -0.15) is 0 Å². The number of esters is 3. The Morgan fingerprint density at radius 3 is 0.765 bits per heavy atom. The molecule has 2 unspecified atom stereocenters. The van der Waals surface area contributed by atoms with Crippen LogP contribution in [0.5, 0.6) is 0 Å². The van der Waals surface area contributed by atoms with Crippen molar-refractivity contribution in [3.63, 3.8) is 0 Å². The molecular weight excluding hydrogens is 841 g/mol. The Labute approximate surface area is 425 Å². The van der Waals surface area contributed by atoms with Gasteiger partial charge >= 0.3 is 17.9 Å². The molecule has 3 atom stereocenters. The normalized spacial score (nSPS) is 12.9. The zero-order valence-electron chi connectivity index (χ0n) is 46.9. The molecule has 0 aliphatic carbocycles. The monoisotopic (exact) mass is 961 g/mol. The fourth-order valence-corrected chi connectivity index (χ4v) is 9.47. The van der Waals surface area contributed by atoms with Gasteiger partial charge in [-0.15, -0.1) is 0 Å². The Morgan fingerprint density at radius 2 is 0.515 bits per heavy atom. The lowest BCUT2D eigenvalue weighted by molar-refractivity contribution is -0.167. The zero-order chi connectivity index (χ0) is 49.8. The van der Waals surface area contributed by atoms with Crippen LogP contribution in [0.15, 0.2) is 0 Å². The minimum absolute atomic E-state index is 0.0640. The minimum Gasteiger partial charge on any atom is -0.462 e. The number of rotatable bonds is 55. The number of ether oxygens (including phenoxy) is 3. The van der Waals surface area contributed by atoms with E-state index in [1.54, 1.807) is 0 Å². The molecule has 0 N–H and O–H groups in total. The van der Waals surface area contributed by atoms with E-state index in [1.165, 1.54) is 225 Å². The lowest BCUT2D eigenvalue weighted by Crippen LogP contribution is -2.30. The molecule has 0 aromatic rings. The van der Waals surface area contributed by atoms with Crippen LogP contribution in [0, 0.1) is 17.8 Å². The van der Waals surface area contributed by atoms with Crippen LogP contribution in [0.25, 0.3) is 0 Å². The maximum Gasteiger partial charge on any atom is 0.306 e. The smallest absolute Gasteiger partial charge is 0.306 e. The molecule has 0 bridgehead atoms. The van der Waals surface area contributed by atoms with E-state index < -0.39 is 6.10 Å². The molecule has 0 aromatic heterocycles. The molecule has 6 nitrogen and oxygen atoms in total. The number of hydrogen-bond donors (Lipinski definition) is 0. The van der Waals surface area contributed by atoms with Crippen LogP contribution < -0.4 is 0 Å². The number of carbonyl (C=O) groups excluding carboxylic acids is 3. The van der Waals surface area contributed by atoms with Gasteiger partial charge in [-0.3, -0.25) is 14.4 Å². The maximum absolute atomic E-state index is 12.8. The Hall–Kier alpha value is -1.59. The third-order valence-corrected chi connectivity index (χ3v) is 14.9. The van der Waals surface area contributed by atoms with Gasteiger partial charge < -0.3 is 14.2 Å². The highest BCUT2D eigenvalue weighted by molar-refractivity contribution is 5.71. The van der Waals surface area contributed by atoms with Crippen molar-refractivity contribution in [1.29, 1.82) is 0 Å². The molecule has 0 spiro atoms. The van der Waals surface area contributed by atoms with Gasteiger partial charge in [-0.05, 0) is 37.0 Å². The molecular formula is C62H120O6. The predicted octanol–water partition coefficient (Wildman–Crippen LogP) is 20.3. The lowest BCUT2D eigenvalue weighted by atomic mass is 9.99. The quantitative estimate of drug-likeness (QED) is 0.0343. The highest BCUT2D eigenvalue weighted by Gasteiger charge is 2.19. The number of unbranched alkanes of at least 4 members (excludes halogenated alkanes) is 36. The van der Waals surface area contributed by atoms with E-state index in [-0.39, 0.29) is 31.1 Å². The highest BCUT2D eigenvalue weighted by Crippen LogP contribution is 2.19. The largest absolute Gasteiger partial charge is 0.462 e. The molecule has 0 fully saturated rings. The van der Waals surface area contributed by atoms with E-state index in [9.17, 15) is 14.4 Å². The Kier molecular flexibility index (Phi) is 52.0. The number of hydrogen-bond acceptors (Lipinski definition) is 6. The van der Waals surface area contributed by atoms with E-state index in [4.69, 9.17) is 14.2 Å². The van der Waals surface area contributed by atoms with Gasteiger partial charge in [0.15, 0.2) is 6.10 Å². The second-order valence-corrected chi connectivity index (χ2v) is 22.3. The van der Waals surface area contributed by atoms with Gasteiger partial charge in [0.1, 0.15) is 13.2 Å². The summed E-state index contributed by atoms with van der Waals surface area (Å²) < 4.78 is 16.9. The molecule has 0 saturated carbocycles. The van der Waals surface area contributed by atoms with Crippen LogP contribution in [-0.4, -0.2) is 37.2 Å². The molecule has 0 amide bonds. The van der Waals surface area contributed by atoms with Crippen molar-refractivity contribution < 1.29 is 28.6 Å². The third-order valence-electron chi connectivity index (χ3n) is 14.9. The Bertz CT molecular complexity index is 1060. The average Bonchev–Trinajstić information content (AvgIpc) is 3.33. The van der Waals surface area contributed by atoms with E-state index >= 15 is 0 Å². The van der Waals surface area contributed by atoms with E-state index in [0.29, 0.717) is 19.3 Å². The van der Waals surface area contributed by atoms with Crippen molar-refractivity contribution in [2.75, 3.05) is 13.2 Å². The summed E-state index contributed by atoms with van der Waals surface area (Å²) in [6, 6.07) is 0. The molecule has 0 aromatic carbocycles. The Balaban J connectivity index is 4.18. The zero-order valence-corrected chi connectivity index (χ0v) is 46.9. The second-order valence-electron chi connectivity index (χ2n) is 22.3. The first kappa shape index (κ1) is 66.4. The second kappa shape index (κ2) is 53.2. The van der Waals surface area contributed by atoms with Crippen LogP contribution in [0.2, 0.25) is 0 Å². The fraction of sp³-hybridized carbons (Fsp3) is 0.952. The van der Waals surface area contributed by atoms with Gasteiger partial charge in [0.2, 0.25) is 0 Å². The topological polar surface area (TPSA) is 78.9 Å².